The number of ether oxygens (including phenoxy) is 1. The molecule has 1 aliphatic heterocycles. The Morgan fingerprint density at radius 3 is 2.89 bits per heavy atom. The number of hydrogen-bond acceptors (Lipinski definition) is 6. The Bertz CT molecular complexity index is 924. The highest BCUT2D eigenvalue weighted by atomic mass is 19.1. The van der Waals surface area contributed by atoms with Crippen LogP contribution in [-0.2, 0) is 6.42 Å². The molecule has 0 aliphatic carbocycles. The van der Waals surface area contributed by atoms with E-state index in [4.69, 9.17) is 4.74 Å². The van der Waals surface area contributed by atoms with E-state index in [1.54, 1.807) is 12.4 Å². The summed E-state index contributed by atoms with van der Waals surface area (Å²) in [5.74, 6) is 0.769. The van der Waals surface area contributed by atoms with Crippen LogP contribution in [0.4, 0.5) is 16.0 Å². The molecule has 0 atom stereocenters. The number of rotatable bonds is 6. The molecule has 0 radical (unpaired) electrons. The van der Waals surface area contributed by atoms with Crippen LogP contribution in [0.5, 0.6) is 5.75 Å². The third-order valence-corrected chi connectivity index (χ3v) is 4.69. The number of aryl methyl sites for hydroxylation is 1. The minimum atomic E-state index is -0.513. The molecule has 0 spiro atoms. The molecular weight excluding hydrogens is 359 g/mol. The zero-order valence-corrected chi connectivity index (χ0v) is 15.7. The lowest BCUT2D eigenvalue weighted by Crippen LogP contribution is -2.34. The van der Waals surface area contributed by atoms with Gasteiger partial charge in [0.15, 0.2) is 11.6 Å². The first-order chi connectivity index (χ1) is 13.7. The van der Waals surface area contributed by atoms with Gasteiger partial charge < -0.3 is 15.4 Å². The molecule has 28 heavy (non-hydrogen) atoms. The lowest BCUT2D eigenvalue weighted by atomic mass is 10.1. The molecule has 2 aromatic heterocycles. The molecule has 8 heteroatoms. The van der Waals surface area contributed by atoms with Crippen molar-refractivity contribution in [3.63, 3.8) is 0 Å². The SMILES string of the molecule is CCc1cc(Nc2ncc(F)c(-n3ccnc3)n2)cc(OC2CCNCC2)c1. The van der Waals surface area contributed by atoms with E-state index in [1.807, 2.05) is 12.1 Å². The van der Waals surface area contributed by atoms with Gasteiger partial charge in [0.05, 0.1) is 6.20 Å². The molecule has 0 bridgehead atoms. The van der Waals surface area contributed by atoms with Crippen LogP contribution in [0.15, 0.2) is 43.1 Å². The second-order valence-electron chi connectivity index (χ2n) is 6.75. The van der Waals surface area contributed by atoms with Gasteiger partial charge in [-0.05, 0) is 50.0 Å². The standard InChI is InChI=1S/C20H23FN6O/c1-2-14-9-15(11-17(10-14)28-16-3-5-22-6-4-16)25-20-24-12-18(21)19(26-20)27-8-7-23-13-27/h7-13,16,22H,2-6H2,1H3,(H,24,25,26). The van der Waals surface area contributed by atoms with Crippen LogP contribution in [0, 0.1) is 5.82 Å². The highest BCUT2D eigenvalue weighted by Crippen LogP contribution is 2.26. The van der Waals surface area contributed by atoms with E-state index in [9.17, 15) is 4.39 Å². The average Bonchev–Trinajstić information content (AvgIpc) is 3.24. The first kappa shape index (κ1) is 18.4. The van der Waals surface area contributed by atoms with Gasteiger partial charge in [0.2, 0.25) is 5.95 Å². The van der Waals surface area contributed by atoms with Crippen molar-refractivity contribution in [3.05, 3.63) is 54.5 Å². The number of halogens is 1. The van der Waals surface area contributed by atoms with E-state index < -0.39 is 5.82 Å². The lowest BCUT2D eigenvalue weighted by molar-refractivity contribution is 0.162. The Morgan fingerprint density at radius 2 is 2.14 bits per heavy atom. The fourth-order valence-electron chi connectivity index (χ4n) is 3.22. The normalized spacial score (nSPS) is 14.8. The number of nitrogens with zero attached hydrogens (tertiary/aromatic N) is 4. The summed E-state index contributed by atoms with van der Waals surface area (Å²) < 4.78 is 21.8. The number of anilines is 2. The molecule has 0 unspecified atom stereocenters. The van der Waals surface area contributed by atoms with E-state index in [2.05, 4.69) is 38.6 Å². The minimum absolute atomic E-state index is 0.146. The zero-order valence-electron chi connectivity index (χ0n) is 15.7. The molecule has 1 aromatic carbocycles. The van der Waals surface area contributed by atoms with Crippen molar-refractivity contribution in [2.24, 2.45) is 0 Å². The van der Waals surface area contributed by atoms with Gasteiger partial charge in [-0.1, -0.05) is 6.92 Å². The Morgan fingerprint density at radius 1 is 1.29 bits per heavy atom. The van der Waals surface area contributed by atoms with Crippen LogP contribution in [0.25, 0.3) is 5.82 Å². The highest BCUT2D eigenvalue weighted by Gasteiger charge is 2.15. The monoisotopic (exact) mass is 382 g/mol. The first-order valence-corrected chi connectivity index (χ1v) is 9.50. The molecule has 1 saturated heterocycles. The molecule has 0 saturated carbocycles. The molecule has 1 fully saturated rings. The van der Waals surface area contributed by atoms with Crippen LogP contribution in [-0.4, -0.2) is 38.7 Å². The molecule has 3 heterocycles. The van der Waals surface area contributed by atoms with Gasteiger partial charge in [-0.15, -0.1) is 0 Å². The molecular formula is C20H23FN6O. The molecule has 1 aliphatic rings. The van der Waals surface area contributed by atoms with Crippen molar-refractivity contribution >= 4 is 11.6 Å². The van der Waals surface area contributed by atoms with Crippen LogP contribution >= 0.6 is 0 Å². The number of hydrogen-bond donors (Lipinski definition) is 2. The number of imidazole rings is 1. The van der Waals surface area contributed by atoms with E-state index in [-0.39, 0.29) is 11.9 Å². The predicted octanol–water partition coefficient (Wildman–Crippen LogP) is 3.24. The highest BCUT2D eigenvalue weighted by molar-refractivity contribution is 5.58. The van der Waals surface area contributed by atoms with Crippen LogP contribution in [0.1, 0.15) is 25.3 Å². The van der Waals surface area contributed by atoms with E-state index >= 15 is 0 Å². The van der Waals surface area contributed by atoms with Gasteiger partial charge in [0, 0.05) is 24.1 Å². The van der Waals surface area contributed by atoms with Crippen molar-refractivity contribution in [1.29, 1.82) is 0 Å². The second kappa shape index (κ2) is 8.35. The maximum absolute atomic E-state index is 14.1. The van der Waals surface area contributed by atoms with Gasteiger partial charge in [0.1, 0.15) is 18.2 Å². The first-order valence-electron chi connectivity index (χ1n) is 9.50. The summed E-state index contributed by atoms with van der Waals surface area (Å²) in [6.45, 7) is 4.05. The summed E-state index contributed by atoms with van der Waals surface area (Å²) >= 11 is 0. The van der Waals surface area contributed by atoms with Gasteiger partial charge in [-0.3, -0.25) is 4.57 Å². The van der Waals surface area contributed by atoms with Crippen molar-refractivity contribution in [3.8, 4) is 11.6 Å². The van der Waals surface area contributed by atoms with Crippen LogP contribution < -0.4 is 15.4 Å². The average molecular weight is 382 g/mol. The fourth-order valence-corrected chi connectivity index (χ4v) is 3.22. The Balaban J connectivity index is 1.57. The largest absolute Gasteiger partial charge is 0.490 e. The molecule has 3 aromatic rings. The second-order valence-corrected chi connectivity index (χ2v) is 6.75. The van der Waals surface area contributed by atoms with Gasteiger partial charge >= 0.3 is 0 Å². The van der Waals surface area contributed by atoms with Crippen molar-refractivity contribution in [2.75, 3.05) is 18.4 Å². The van der Waals surface area contributed by atoms with E-state index in [1.165, 1.54) is 10.9 Å². The smallest absolute Gasteiger partial charge is 0.229 e. The quantitative estimate of drug-likeness (QED) is 0.682. The maximum Gasteiger partial charge on any atom is 0.229 e. The minimum Gasteiger partial charge on any atom is -0.490 e. The maximum atomic E-state index is 14.1. The third-order valence-electron chi connectivity index (χ3n) is 4.69. The van der Waals surface area contributed by atoms with Gasteiger partial charge in [-0.25, -0.2) is 14.4 Å². The number of piperidine rings is 1. The Kier molecular flexibility index (Phi) is 5.48. The summed E-state index contributed by atoms with van der Waals surface area (Å²) in [6, 6.07) is 6.03. The predicted molar refractivity (Wildman–Crippen MR) is 105 cm³/mol. The van der Waals surface area contributed by atoms with Crippen molar-refractivity contribution in [2.45, 2.75) is 32.3 Å². The topological polar surface area (TPSA) is 76.9 Å². The summed E-state index contributed by atoms with van der Waals surface area (Å²) in [5.41, 5.74) is 1.96. The third kappa shape index (κ3) is 4.28. The number of benzene rings is 1. The summed E-state index contributed by atoms with van der Waals surface area (Å²) in [4.78, 5) is 12.3. The molecule has 0 amide bonds. The summed E-state index contributed by atoms with van der Waals surface area (Å²) in [6.07, 6.45) is 8.95. The molecule has 2 N–H and O–H groups in total. The van der Waals surface area contributed by atoms with Crippen molar-refractivity contribution < 1.29 is 9.13 Å². The Labute approximate surface area is 163 Å². The van der Waals surface area contributed by atoms with Crippen molar-refractivity contribution in [1.82, 2.24) is 24.8 Å². The summed E-state index contributed by atoms with van der Waals surface area (Å²) in [7, 11) is 0. The van der Waals surface area contributed by atoms with E-state index in [0.717, 1.165) is 55.5 Å². The zero-order chi connectivity index (χ0) is 19.3. The van der Waals surface area contributed by atoms with Crippen LogP contribution in [0.2, 0.25) is 0 Å². The van der Waals surface area contributed by atoms with Gasteiger partial charge in [-0.2, -0.15) is 4.98 Å². The van der Waals surface area contributed by atoms with Gasteiger partial charge in [0.25, 0.3) is 0 Å². The summed E-state index contributed by atoms with van der Waals surface area (Å²) in [5, 5.41) is 6.51. The molecule has 4 rings (SSSR count). The van der Waals surface area contributed by atoms with Crippen LogP contribution in [0.3, 0.4) is 0 Å². The fraction of sp³-hybridized carbons (Fsp3) is 0.350. The lowest BCUT2D eigenvalue weighted by Gasteiger charge is -2.24. The Hall–Kier alpha value is -3.00. The molecule has 7 nitrogen and oxygen atoms in total. The molecule has 146 valence electrons. The number of nitrogens with one attached hydrogen (secondary N) is 2. The number of aromatic nitrogens is 4. The van der Waals surface area contributed by atoms with E-state index in [0.29, 0.717) is 5.95 Å².